The topological polar surface area (TPSA) is 66.0 Å². The predicted molar refractivity (Wildman–Crippen MR) is 64.8 cm³/mol. The minimum atomic E-state index is -0.305. The Morgan fingerprint density at radius 1 is 1.29 bits per heavy atom. The second-order valence-electron chi connectivity index (χ2n) is 3.89. The largest absolute Gasteiger partial charge is 0.497 e. The predicted octanol–water partition coefficient (Wildman–Crippen LogP) is 1.18. The first kappa shape index (κ1) is 11.6. The van der Waals surface area contributed by atoms with Gasteiger partial charge in [0.25, 0.3) is 0 Å². The van der Waals surface area contributed by atoms with E-state index in [0.29, 0.717) is 5.82 Å². The van der Waals surface area contributed by atoms with Crippen molar-refractivity contribution >= 4 is 0 Å². The molecule has 0 unspecified atom stereocenters. The summed E-state index contributed by atoms with van der Waals surface area (Å²) in [5.41, 5.74) is 7.08. The van der Waals surface area contributed by atoms with Crippen molar-refractivity contribution < 1.29 is 4.74 Å². The molecule has 17 heavy (non-hydrogen) atoms. The number of aryl methyl sites for hydroxylation is 2. The highest BCUT2D eigenvalue weighted by Gasteiger charge is 2.14. The average Bonchev–Trinajstić information content (AvgIpc) is 2.69. The van der Waals surface area contributed by atoms with E-state index < -0.39 is 0 Å². The Morgan fingerprint density at radius 3 is 2.41 bits per heavy atom. The monoisotopic (exact) mass is 232 g/mol. The first-order valence-electron chi connectivity index (χ1n) is 5.39. The van der Waals surface area contributed by atoms with Crippen molar-refractivity contribution in [2.45, 2.75) is 13.0 Å². The molecule has 0 saturated carbocycles. The molecule has 0 aliphatic rings. The molecule has 2 N–H and O–H groups in total. The van der Waals surface area contributed by atoms with Crippen molar-refractivity contribution in [2.24, 2.45) is 12.8 Å². The van der Waals surface area contributed by atoms with E-state index in [1.807, 2.05) is 38.2 Å². The van der Waals surface area contributed by atoms with E-state index in [9.17, 15) is 0 Å². The van der Waals surface area contributed by atoms with Crippen molar-refractivity contribution in [3.63, 3.8) is 0 Å². The normalized spacial score (nSPS) is 12.5. The molecule has 0 bridgehead atoms. The number of aromatic nitrogens is 3. The summed E-state index contributed by atoms with van der Waals surface area (Å²) in [5, 5.41) is 4.28. The molecule has 1 atom stereocenters. The Labute approximate surface area is 100 Å². The van der Waals surface area contributed by atoms with Crippen LogP contribution in [0.4, 0.5) is 0 Å². The zero-order valence-electron chi connectivity index (χ0n) is 10.2. The molecule has 0 aliphatic heterocycles. The van der Waals surface area contributed by atoms with Crippen molar-refractivity contribution in [1.29, 1.82) is 0 Å². The fourth-order valence-electron chi connectivity index (χ4n) is 1.58. The van der Waals surface area contributed by atoms with Crippen LogP contribution in [0.25, 0.3) is 0 Å². The van der Waals surface area contributed by atoms with Crippen molar-refractivity contribution in [3.05, 3.63) is 41.5 Å². The Hall–Kier alpha value is -1.88. The van der Waals surface area contributed by atoms with Crippen LogP contribution in [0.3, 0.4) is 0 Å². The van der Waals surface area contributed by atoms with Gasteiger partial charge in [-0.15, -0.1) is 0 Å². The molecular weight excluding hydrogens is 216 g/mol. The molecule has 5 heteroatoms. The van der Waals surface area contributed by atoms with E-state index >= 15 is 0 Å². The smallest absolute Gasteiger partial charge is 0.172 e. The Morgan fingerprint density at radius 2 is 1.94 bits per heavy atom. The molecule has 2 aromatic rings. The SMILES string of the molecule is COc1ccc([C@@H](N)c2nc(C)n(C)n2)cc1. The number of nitrogens with zero attached hydrogens (tertiary/aromatic N) is 3. The van der Waals surface area contributed by atoms with Crippen LogP contribution in [0.15, 0.2) is 24.3 Å². The van der Waals surface area contributed by atoms with E-state index in [1.54, 1.807) is 11.8 Å². The van der Waals surface area contributed by atoms with Crippen LogP contribution in [-0.2, 0) is 7.05 Å². The number of rotatable bonds is 3. The number of hydrogen-bond donors (Lipinski definition) is 1. The molecule has 90 valence electrons. The van der Waals surface area contributed by atoms with E-state index in [0.717, 1.165) is 17.1 Å². The van der Waals surface area contributed by atoms with Crippen molar-refractivity contribution in [2.75, 3.05) is 7.11 Å². The molecule has 1 aromatic carbocycles. The van der Waals surface area contributed by atoms with Crippen LogP contribution >= 0.6 is 0 Å². The maximum atomic E-state index is 6.11. The number of methoxy groups -OCH3 is 1. The fourth-order valence-corrected chi connectivity index (χ4v) is 1.58. The first-order chi connectivity index (χ1) is 8.11. The summed E-state index contributed by atoms with van der Waals surface area (Å²) >= 11 is 0. The van der Waals surface area contributed by atoms with Gasteiger partial charge in [-0.05, 0) is 24.6 Å². The van der Waals surface area contributed by atoms with Gasteiger partial charge in [-0.2, -0.15) is 5.10 Å². The molecule has 0 amide bonds. The summed E-state index contributed by atoms with van der Waals surface area (Å²) in [6.45, 7) is 1.90. The lowest BCUT2D eigenvalue weighted by atomic mass is 10.1. The molecule has 0 aliphatic carbocycles. The number of hydrogen-bond acceptors (Lipinski definition) is 4. The summed E-state index contributed by atoms with van der Waals surface area (Å²) in [6.07, 6.45) is 0. The molecule has 0 spiro atoms. The van der Waals surface area contributed by atoms with E-state index in [4.69, 9.17) is 10.5 Å². The average molecular weight is 232 g/mol. The molecule has 0 radical (unpaired) electrons. The van der Waals surface area contributed by atoms with Gasteiger partial charge in [-0.3, -0.25) is 4.68 Å². The molecular formula is C12H16N4O. The summed E-state index contributed by atoms with van der Waals surface area (Å²) in [5.74, 6) is 2.30. The Bertz CT molecular complexity index is 484. The van der Waals surface area contributed by atoms with Crippen LogP contribution in [0, 0.1) is 6.92 Å². The highest BCUT2D eigenvalue weighted by Crippen LogP contribution is 2.19. The number of nitrogens with two attached hydrogens (primary N) is 1. The van der Waals surface area contributed by atoms with Crippen LogP contribution in [0.1, 0.15) is 23.3 Å². The van der Waals surface area contributed by atoms with Crippen molar-refractivity contribution in [1.82, 2.24) is 14.8 Å². The maximum absolute atomic E-state index is 6.11. The zero-order valence-corrected chi connectivity index (χ0v) is 10.2. The summed E-state index contributed by atoms with van der Waals surface area (Å²) < 4.78 is 6.82. The highest BCUT2D eigenvalue weighted by atomic mass is 16.5. The lowest BCUT2D eigenvalue weighted by Crippen LogP contribution is -2.14. The summed E-state index contributed by atoms with van der Waals surface area (Å²) in [7, 11) is 3.49. The van der Waals surface area contributed by atoms with E-state index in [2.05, 4.69) is 10.1 Å². The molecule has 0 fully saturated rings. The Kier molecular flexibility index (Phi) is 3.10. The summed E-state index contributed by atoms with van der Waals surface area (Å²) in [4.78, 5) is 4.32. The quantitative estimate of drug-likeness (QED) is 0.863. The minimum absolute atomic E-state index is 0.305. The van der Waals surface area contributed by atoms with Gasteiger partial charge in [0.2, 0.25) is 0 Å². The third-order valence-corrected chi connectivity index (χ3v) is 2.75. The summed E-state index contributed by atoms with van der Waals surface area (Å²) in [6, 6.07) is 7.31. The highest BCUT2D eigenvalue weighted by molar-refractivity contribution is 5.31. The minimum Gasteiger partial charge on any atom is -0.497 e. The molecule has 2 rings (SSSR count). The van der Waals surface area contributed by atoms with Crippen molar-refractivity contribution in [3.8, 4) is 5.75 Å². The van der Waals surface area contributed by atoms with E-state index in [1.165, 1.54) is 0 Å². The van der Waals surface area contributed by atoms with Crippen LogP contribution < -0.4 is 10.5 Å². The van der Waals surface area contributed by atoms with Gasteiger partial charge in [0.05, 0.1) is 13.2 Å². The third kappa shape index (κ3) is 2.29. The molecule has 1 aromatic heterocycles. The lowest BCUT2D eigenvalue weighted by Gasteiger charge is -2.08. The van der Waals surface area contributed by atoms with Gasteiger partial charge in [-0.25, -0.2) is 4.98 Å². The van der Waals surface area contributed by atoms with Gasteiger partial charge in [0.15, 0.2) is 5.82 Å². The number of ether oxygens (including phenoxy) is 1. The molecule has 5 nitrogen and oxygen atoms in total. The van der Waals surface area contributed by atoms with Gasteiger partial charge in [-0.1, -0.05) is 12.1 Å². The standard InChI is InChI=1S/C12H16N4O/c1-8-14-12(15-16(8)2)11(13)9-4-6-10(17-3)7-5-9/h4-7,11H,13H2,1-3H3/t11-/m1/s1. The first-order valence-corrected chi connectivity index (χ1v) is 5.39. The van der Waals surface area contributed by atoms with Gasteiger partial charge in [0.1, 0.15) is 11.6 Å². The van der Waals surface area contributed by atoms with Crippen LogP contribution in [0.2, 0.25) is 0 Å². The third-order valence-electron chi connectivity index (χ3n) is 2.75. The maximum Gasteiger partial charge on any atom is 0.172 e. The lowest BCUT2D eigenvalue weighted by molar-refractivity contribution is 0.414. The van der Waals surface area contributed by atoms with Gasteiger partial charge >= 0.3 is 0 Å². The van der Waals surface area contributed by atoms with Crippen LogP contribution in [0.5, 0.6) is 5.75 Å². The second-order valence-corrected chi connectivity index (χ2v) is 3.89. The van der Waals surface area contributed by atoms with Gasteiger partial charge < -0.3 is 10.5 Å². The fraction of sp³-hybridized carbons (Fsp3) is 0.333. The number of benzene rings is 1. The van der Waals surface area contributed by atoms with Gasteiger partial charge in [0, 0.05) is 7.05 Å². The second kappa shape index (κ2) is 4.55. The van der Waals surface area contributed by atoms with Crippen LogP contribution in [-0.4, -0.2) is 21.9 Å². The zero-order chi connectivity index (χ0) is 12.4. The van der Waals surface area contributed by atoms with E-state index in [-0.39, 0.29) is 6.04 Å². The Balaban J connectivity index is 2.26. The molecule has 1 heterocycles. The molecule has 0 saturated heterocycles.